The van der Waals surface area contributed by atoms with Gasteiger partial charge >= 0.3 is 0 Å². The van der Waals surface area contributed by atoms with E-state index in [2.05, 4.69) is 41.6 Å². The number of hydrogen-bond acceptors (Lipinski definition) is 2. The number of fused-ring (bicyclic) bond motifs is 2. The van der Waals surface area contributed by atoms with Gasteiger partial charge in [-0.15, -0.1) is 0 Å². The van der Waals surface area contributed by atoms with Gasteiger partial charge in [0.25, 0.3) is 0 Å². The molecule has 2 aromatic rings. The quantitative estimate of drug-likeness (QED) is 0.910. The summed E-state index contributed by atoms with van der Waals surface area (Å²) in [6, 6.07) is 11.3. The van der Waals surface area contributed by atoms with E-state index in [1.807, 2.05) is 12.3 Å². The van der Waals surface area contributed by atoms with Gasteiger partial charge in [0.2, 0.25) is 0 Å². The number of nitrogens with one attached hydrogen (secondary N) is 1. The maximum Gasteiger partial charge on any atom is 0.0749 e. The van der Waals surface area contributed by atoms with Crippen molar-refractivity contribution in [2.75, 3.05) is 7.05 Å². The maximum atomic E-state index is 4.64. The summed E-state index contributed by atoms with van der Waals surface area (Å²) >= 11 is 0. The molecule has 0 radical (unpaired) electrons. The second-order valence-corrected chi connectivity index (χ2v) is 6.38. The lowest BCUT2D eigenvalue weighted by Crippen LogP contribution is -2.20. The first kappa shape index (κ1) is 12.3. The van der Waals surface area contributed by atoms with Crippen LogP contribution in [-0.4, -0.2) is 12.0 Å². The fourth-order valence-electron chi connectivity index (χ4n) is 4.48. The molecule has 1 N–H and O–H groups in total. The van der Waals surface area contributed by atoms with Crippen LogP contribution in [0.5, 0.6) is 0 Å². The van der Waals surface area contributed by atoms with Crippen LogP contribution >= 0.6 is 0 Å². The van der Waals surface area contributed by atoms with Gasteiger partial charge in [-0.05, 0) is 49.3 Å². The van der Waals surface area contributed by atoms with E-state index in [0.29, 0.717) is 6.04 Å². The Morgan fingerprint density at radius 1 is 1.10 bits per heavy atom. The lowest BCUT2D eigenvalue weighted by atomic mass is 9.97. The Bertz CT molecular complexity index is 604. The topological polar surface area (TPSA) is 24.9 Å². The molecule has 2 fully saturated rings. The molecule has 0 bridgehead atoms. The minimum atomic E-state index is 0.474. The van der Waals surface area contributed by atoms with Crippen molar-refractivity contribution in [3.05, 3.63) is 42.1 Å². The molecular formula is C18H22N2. The van der Waals surface area contributed by atoms with Crippen molar-refractivity contribution in [2.45, 2.75) is 31.7 Å². The van der Waals surface area contributed by atoms with Gasteiger partial charge in [-0.2, -0.15) is 0 Å². The first-order chi connectivity index (χ1) is 9.90. The third kappa shape index (κ3) is 1.86. The number of hydrogen-bond donors (Lipinski definition) is 1. The zero-order chi connectivity index (χ0) is 13.5. The van der Waals surface area contributed by atoms with Crippen LogP contribution in [0.4, 0.5) is 0 Å². The molecule has 0 amide bonds. The molecule has 4 rings (SSSR count). The van der Waals surface area contributed by atoms with E-state index in [1.165, 1.54) is 42.1 Å². The first-order valence-electron chi connectivity index (χ1n) is 7.91. The lowest BCUT2D eigenvalue weighted by molar-refractivity contribution is 0.480. The summed E-state index contributed by atoms with van der Waals surface area (Å²) in [4.78, 5) is 4.64. The third-order valence-electron chi connectivity index (χ3n) is 5.42. The number of aromatic nitrogens is 1. The van der Waals surface area contributed by atoms with Crippen LogP contribution in [0.1, 0.15) is 37.3 Å². The van der Waals surface area contributed by atoms with E-state index in [9.17, 15) is 0 Å². The Morgan fingerprint density at radius 3 is 2.60 bits per heavy atom. The number of rotatable bonds is 3. The second kappa shape index (κ2) is 4.85. The number of nitrogens with zero attached hydrogens (tertiary/aromatic N) is 1. The largest absolute Gasteiger partial charge is 0.313 e. The average Bonchev–Trinajstić information content (AvgIpc) is 3.23. The van der Waals surface area contributed by atoms with Crippen LogP contribution in [0.3, 0.4) is 0 Å². The Kier molecular flexibility index (Phi) is 2.99. The molecule has 1 aromatic heterocycles. The predicted molar refractivity (Wildman–Crippen MR) is 82.5 cm³/mol. The maximum absolute atomic E-state index is 4.64. The van der Waals surface area contributed by atoms with Gasteiger partial charge in [-0.3, -0.25) is 4.98 Å². The molecular weight excluding hydrogens is 244 g/mol. The van der Waals surface area contributed by atoms with E-state index in [1.54, 1.807) is 0 Å². The second-order valence-electron chi connectivity index (χ2n) is 6.38. The van der Waals surface area contributed by atoms with Gasteiger partial charge in [0, 0.05) is 17.6 Å². The molecule has 104 valence electrons. The van der Waals surface area contributed by atoms with E-state index in [0.717, 1.165) is 17.8 Å². The molecule has 0 aliphatic heterocycles. The van der Waals surface area contributed by atoms with Gasteiger partial charge in [0.15, 0.2) is 0 Å². The van der Waals surface area contributed by atoms with Crippen LogP contribution in [0.25, 0.3) is 10.9 Å². The lowest BCUT2D eigenvalue weighted by Gasteiger charge is -2.18. The molecule has 1 aromatic carbocycles. The molecule has 2 nitrogen and oxygen atoms in total. The highest BCUT2D eigenvalue weighted by Gasteiger charge is 2.54. The van der Waals surface area contributed by atoms with Gasteiger partial charge in [0.1, 0.15) is 0 Å². The highest BCUT2D eigenvalue weighted by molar-refractivity contribution is 5.82. The Hall–Kier alpha value is -1.41. The summed E-state index contributed by atoms with van der Waals surface area (Å²) in [6.45, 7) is 0. The van der Waals surface area contributed by atoms with E-state index in [-0.39, 0.29) is 0 Å². The molecule has 3 atom stereocenters. The molecule has 2 saturated carbocycles. The minimum Gasteiger partial charge on any atom is -0.313 e. The molecule has 3 unspecified atom stereocenters. The smallest absolute Gasteiger partial charge is 0.0749 e. The van der Waals surface area contributed by atoms with Crippen LogP contribution in [-0.2, 0) is 0 Å². The van der Waals surface area contributed by atoms with Crippen molar-refractivity contribution in [2.24, 2.45) is 17.8 Å². The fourth-order valence-corrected chi connectivity index (χ4v) is 4.48. The van der Waals surface area contributed by atoms with Crippen molar-refractivity contribution in [3.8, 4) is 0 Å². The van der Waals surface area contributed by atoms with Gasteiger partial charge in [0.05, 0.1) is 5.52 Å². The molecule has 0 saturated heterocycles. The highest BCUT2D eigenvalue weighted by Crippen LogP contribution is 2.60. The van der Waals surface area contributed by atoms with E-state index < -0.39 is 0 Å². The third-order valence-corrected chi connectivity index (χ3v) is 5.42. The molecule has 2 heteroatoms. The summed E-state index contributed by atoms with van der Waals surface area (Å²) < 4.78 is 0. The van der Waals surface area contributed by atoms with Crippen LogP contribution < -0.4 is 5.32 Å². The van der Waals surface area contributed by atoms with Crippen LogP contribution in [0, 0.1) is 17.8 Å². The normalized spacial score (nSPS) is 29.9. The predicted octanol–water partition coefficient (Wildman–Crippen LogP) is 3.93. The average molecular weight is 266 g/mol. The van der Waals surface area contributed by atoms with Gasteiger partial charge in [-0.25, -0.2) is 0 Å². The van der Waals surface area contributed by atoms with Gasteiger partial charge < -0.3 is 5.32 Å². The number of para-hydroxylation sites is 1. The fraction of sp³-hybridized carbons (Fsp3) is 0.500. The highest BCUT2D eigenvalue weighted by atomic mass is 14.9. The molecule has 2 aliphatic rings. The van der Waals surface area contributed by atoms with Crippen molar-refractivity contribution in [1.29, 1.82) is 0 Å². The summed E-state index contributed by atoms with van der Waals surface area (Å²) in [6.07, 6.45) is 7.65. The monoisotopic (exact) mass is 266 g/mol. The summed E-state index contributed by atoms with van der Waals surface area (Å²) in [7, 11) is 2.11. The van der Waals surface area contributed by atoms with Crippen molar-refractivity contribution < 1.29 is 0 Å². The van der Waals surface area contributed by atoms with Crippen molar-refractivity contribution in [3.63, 3.8) is 0 Å². The number of benzene rings is 1. The molecule has 1 heterocycles. The SMILES string of the molecule is CNC(c1cccc2cccnc12)C1C2CCCCC21. The van der Waals surface area contributed by atoms with E-state index in [4.69, 9.17) is 0 Å². The Labute approximate surface area is 120 Å². The Morgan fingerprint density at radius 2 is 1.85 bits per heavy atom. The molecule has 20 heavy (non-hydrogen) atoms. The molecule has 0 spiro atoms. The molecule has 2 aliphatic carbocycles. The standard InChI is InChI=1S/C18H22N2/c1-19-18(16-13-8-2-3-9-14(13)16)15-10-4-6-12-7-5-11-20-17(12)15/h4-7,10-11,13-14,16,18-19H,2-3,8-9H2,1H3. The zero-order valence-corrected chi connectivity index (χ0v) is 12.0. The van der Waals surface area contributed by atoms with E-state index >= 15 is 0 Å². The minimum absolute atomic E-state index is 0.474. The number of pyridine rings is 1. The van der Waals surface area contributed by atoms with Crippen molar-refractivity contribution in [1.82, 2.24) is 10.3 Å². The summed E-state index contributed by atoms with van der Waals surface area (Å²) in [5, 5.41) is 4.85. The Balaban J connectivity index is 1.73. The van der Waals surface area contributed by atoms with Crippen molar-refractivity contribution >= 4 is 10.9 Å². The first-order valence-corrected chi connectivity index (χ1v) is 7.91. The van der Waals surface area contributed by atoms with Crippen LogP contribution in [0.15, 0.2) is 36.5 Å². The summed E-state index contributed by atoms with van der Waals surface area (Å²) in [5.74, 6) is 2.75. The summed E-state index contributed by atoms with van der Waals surface area (Å²) in [5.41, 5.74) is 2.57. The zero-order valence-electron chi connectivity index (χ0n) is 12.0. The van der Waals surface area contributed by atoms with Gasteiger partial charge in [-0.1, -0.05) is 37.1 Å². The van der Waals surface area contributed by atoms with Crippen LogP contribution in [0.2, 0.25) is 0 Å².